The molecule has 2 unspecified atom stereocenters. The lowest BCUT2D eigenvalue weighted by molar-refractivity contribution is -0.123. The molecule has 1 saturated heterocycles. The molecule has 1 amide bonds. The number of amides is 1. The van der Waals surface area contributed by atoms with Crippen LogP contribution < -0.4 is 10.9 Å². The van der Waals surface area contributed by atoms with Gasteiger partial charge in [-0.3, -0.25) is 24.9 Å². The number of nitriles is 1. The van der Waals surface area contributed by atoms with Crippen LogP contribution in [0.3, 0.4) is 0 Å². The number of hydrogen-bond donors (Lipinski definition) is 2. The molecule has 1 aliphatic heterocycles. The molecule has 0 radical (unpaired) electrons. The number of nitrogens with zero attached hydrogens (tertiary/aromatic N) is 5. The molecule has 4 rings (SSSR count). The van der Waals surface area contributed by atoms with E-state index in [1.54, 1.807) is 56.1 Å². The summed E-state index contributed by atoms with van der Waals surface area (Å²) in [5.74, 6) is 5.99. The summed E-state index contributed by atoms with van der Waals surface area (Å²) in [6.45, 7) is 16.0. The van der Waals surface area contributed by atoms with Crippen LogP contribution in [0.25, 0.3) is 11.0 Å². The lowest BCUT2D eigenvalue weighted by Gasteiger charge is -2.37. The number of hydrogen-bond acceptors (Lipinski definition) is 9. The third kappa shape index (κ3) is 8.38. The molecular weight excluding hydrogens is 605 g/mol. The Hall–Kier alpha value is -3.64. The first-order valence-corrected chi connectivity index (χ1v) is 16.8. The number of pyridine rings is 1. The van der Waals surface area contributed by atoms with Crippen molar-refractivity contribution in [1.29, 1.82) is 5.26 Å². The lowest BCUT2D eigenvalue weighted by atomic mass is 9.96. The van der Waals surface area contributed by atoms with Gasteiger partial charge in [0.2, 0.25) is 11.9 Å². The van der Waals surface area contributed by atoms with Gasteiger partial charge in [-0.05, 0) is 46.2 Å². The molecule has 3 aromatic rings. The summed E-state index contributed by atoms with van der Waals surface area (Å²) in [5.41, 5.74) is 0.436. The molecule has 4 heterocycles. The van der Waals surface area contributed by atoms with Crippen molar-refractivity contribution in [3.63, 3.8) is 0 Å². The summed E-state index contributed by atoms with van der Waals surface area (Å²) in [4.78, 5) is 37.7. The Labute approximate surface area is 271 Å². The maximum absolute atomic E-state index is 13.5. The van der Waals surface area contributed by atoms with Gasteiger partial charge in [0.15, 0.2) is 5.65 Å². The monoisotopic (exact) mass is 649 g/mol. The second kappa shape index (κ2) is 15.3. The first-order chi connectivity index (χ1) is 21.8. The Balaban J connectivity index is 1.74. The fourth-order valence-electron chi connectivity index (χ4n) is 5.15. The largest absolute Gasteiger partial charge is 0.352 e. The van der Waals surface area contributed by atoms with Crippen LogP contribution in [0.15, 0.2) is 35.5 Å². The number of fused-ring (bicyclic) bond motifs is 1. The third-order valence-electron chi connectivity index (χ3n) is 7.40. The van der Waals surface area contributed by atoms with Crippen molar-refractivity contribution in [2.24, 2.45) is 5.41 Å². The van der Waals surface area contributed by atoms with Crippen LogP contribution in [0.1, 0.15) is 92.0 Å². The molecule has 13 heteroatoms. The fourth-order valence-corrected chi connectivity index (χ4v) is 6.91. The van der Waals surface area contributed by atoms with Crippen molar-refractivity contribution in [2.45, 2.75) is 105 Å². The zero-order valence-electron chi connectivity index (χ0n) is 27.8. The SMILES string of the molecule is CC[C@H]1O[C@@H](n2cc(C#Cc3ccncc3)c3c(=O)[nH]c(NC(=O)C(C)(C)C)nc32)CC1OP(OCCC#N)N(C(C)C)C(C)C. The topological polar surface area (TPSA) is 147 Å². The molecule has 0 saturated carbocycles. The van der Waals surface area contributed by atoms with Crippen molar-refractivity contribution < 1.29 is 18.6 Å². The lowest BCUT2D eigenvalue weighted by Crippen LogP contribution is -2.35. The van der Waals surface area contributed by atoms with Gasteiger partial charge in [0.1, 0.15) is 6.23 Å². The van der Waals surface area contributed by atoms with E-state index in [0.717, 1.165) is 5.56 Å². The summed E-state index contributed by atoms with van der Waals surface area (Å²) in [5, 5.41) is 12.2. The van der Waals surface area contributed by atoms with Crippen molar-refractivity contribution in [3.8, 4) is 17.9 Å². The van der Waals surface area contributed by atoms with Gasteiger partial charge in [-0.1, -0.05) is 39.5 Å². The van der Waals surface area contributed by atoms with E-state index in [1.807, 2.05) is 6.92 Å². The van der Waals surface area contributed by atoms with Crippen LogP contribution in [0.2, 0.25) is 0 Å². The van der Waals surface area contributed by atoms with Gasteiger partial charge in [0.25, 0.3) is 14.1 Å². The van der Waals surface area contributed by atoms with Crippen LogP contribution in [0.5, 0.6) is 0 Å². The van der Waals surface area contributed by atoms with Gasteiger partial charge in [0, 0.05) is 48.1 Å². The molecule has 46 heavy (non-hydrogen) atoms. The summed E-state index contributed by atoms with van der Waals surface area (Å²) in [6.07, 6.45) is 5.37. The smallest absolute Gasteiger partial charge is 0.263 e. The number of anilines is 1. The van der Waals surface area contributed by atoms with Crippen molar-refractivity contribution >= 4 is 31.4 Å². The van der Waals surface area contributed by atoms with E-state index < -0.39 is 25.7 Å². The quantitative estimate of drug-likeness (QED) is 0.148. The highest BCUT2D eigenvalue weighted by Gasteiger charge is 2.41. The average Bonchev–Trinajstić information content (AvgIpc) is 3.57. The van der Waals surface area contributed by atoms with Crippen LogP contribution in [0, 0.1) is 28.6 Å². The molecule has 12 nitrogen and oxygen atoms in total. The molecule has 0 aromatic carbocycles. The van der Waals surface area contributed by atoms with Crippen LogP contribution in [0.4, 0.5) is 5.95 Å². The number of nitrogens with one attached hydrogen (secondary N) is 2. The Morgan fingerprint density at radius 2 is 1.93 bits per heavy atom. The van der Waals surface area contributed by atoms with Crippen LogP contribution in [-0.2, 0) is 18.6 Å². The maximum atomic E-state index is 13.5. The highest BCUT2D eigenvalue weighted by Crippen LogP contribution is 2.50. The summed E-state index contributed by atoms with van der Waals surface area (Å²) >= 11 is 0. The Morgan fingerprint density at radius 1 is 1.24 bits per heavy atom. The van der Waals surface area contributed by atoms with Crippen molar-refractivity contribution in [3.05, 3.63) is 52.2 Å². The van der Waals surface area contributed by atoms with Crippen LogP contribution in [-0.4, -0.2) is 61.0 Å². The van der Waals surface area contributed by atoms with Gasteiger partial charge in [-0.15, -0.1) is 0 Å². The van der Waals surface area contributed by atoms with Gasteiger partial charge < -0.3 is 18.4 Å². The summed E-state index contributed by atoms with van der Waals surface area (Å²) < 4.78 is 23.4. The number of carbonyl (C=O) groups excluding carboxylic acids is 1. The minimum atomic E-state index is -1.49. The van der Waals surface area contributed by atoms with Crippen molar-refractivity contribution in [1.82, 2.24) is 24.2 Å². The van der Waals surface area contributed by atoms with Gasteiger partial charge in [0.05, 0.1) is 42.3 Å². The fraction of sp³-hybridized carbons (Fsp3) is 0.545. The Kier molecular flexibility index (Phi) is 11.7. The minimum absolute atomic E-state index is 0.0437. The standard InChI is InChI=1S/C33H44N7O5P/c1-9-25-26(45-46(43-18-10-15-34)40(21(2)3)22(4)5)19-27(44-25)39-20-24(12-11-23-13-16-35-17-14-23)28-29(39)36-32(37-30(28)41)38-31(42)33(6,7)8/h13-14,16-17,20-22,25-27H,9-10,18-19H2,1-8H3,(H2,36,37,38,41,42)/t25-,26?,27-,46?/m1/s1. The number of rotatable bonds is 11. The van der Waals surface area contributed by atoms with E-state index in [4.69, 9.17) is 19.0 Å². The zero-order chi connectivity index (χ0) is 33.6. The second-order valence-corrected chi connectivity index (χ2v) is 14.1. The highest BCUT2D eigenvalue weighted by atomic mass is 31.2. The first kappa shape index (κ1) is 35.2. The number of aromatic nitrogens is 4. The third-order valence-corrected chi connectivity index (χ3v) is 9.55. The van der Waals surface area contributed by atoms with Crippen LogP contribution >= 0.6 is 8.53 Å². The normalized spacial score (nSPS) is 19.0. The van der Waals surface area contributed by atoms with E-state index in [2.05, 4.69) is 70.5 Å². The number of ether oxygens (including phenoxy) is 1. The molecule has 1 fully saturated rings. The molecule has 0 bridgehead atoms. The Bertz CT molecular complexity index is 1660. The summed E-state index contributed by atoms with van der Waals surface area (Å²) in [6, 6.07) is 6.02. The zero-order valence-corrected chi connectivity index (χ0v) is 28.7. The second-order valence-electron chi connectivity index (χ2n) is 12.7. The van der Waals surface area contributed by atoms with E-state index in [0.29, 0.717) is 29.4 Å². The predicted molar refractivity (Wildman–Crippen MR) is 178 cm³/mol. The van der Waals surface area contributed by atoms with Crippen molar-refractivity contribution in [2.75, 3.05) is 11.9 Å². The number of aromatic amines is 1. The summed E-state index contributed by atoms with van der Waals surface area (Å²) in [7, 11) is -1.49. The van der Waals surface area contributed by atoms with E-state index in [9.17, 15) is 9.59 Å². The predicted octanol–water partition coefficient (Wildman–Crippen LogP) is 5.86. The molecular formula is C33H44N7O5P. The van der Waals surface area contributed by atoms with E-state index in [-0.39, 0.29) is 49.2 Å². The average molecular weight is 650 g/mol. The van der Waals surface area contributed by atoms with E-state index >= 15 is 0 Å². The minimum Gasteiger partial charge on any atom is -0.352 e. The van der Waals surface area contributed by atoms with Gasteiger partial charge in [-0.2, -0.15) is 10.2 Å². The number of H-pyrrole nitrogens is 1. The van der Waals surface area contributed by atoms with E-state index in [1.165, 1.54) is 0 Å². The number of carbonyl (C=O) groups is 1. The Morgan fingerprint density at radius 3 is 2.54 bits per heavy atom. The molecule has 2 N–H and O–H groups in total. The van der Waals surface area contributed by atoms with Gasteiger partial charge >= 0.3 is 0 Å². The van der Waals surface area contributed by atoms with Gasteiger partial charge in [-0.25, -0.2) is 4.67 Å². The maximum Gasteiger partial charge on any atom is 0.263 e. The molecule has 1 aliphatic rings. The molecule has 3 aromatic heterocycles. The first-order valence-electron chi connectivity index (χ1n) is 15.6. The molecule has 4 atom stereocenters. The highest BCUT2D eigenvalue weighted by molar-refractivity contribution is 7.44. The molecule has 0 aliphatic carbocycles. The molecule has 246 valence electrons. The molecule has 0 spiro atoms.